The van der Waals surface area contributed by atoms with Gasteiger partial charge in [0.1, 0.15) is 13.1 Å². The van der Waals surface area contributed by atoms with E-state index in [1.165, 1.54) is 5.57 Å². The molecule has 0 spiro atoms. The van der Waals surface area contributed by atoms with Crippen molar-refractivity contribution in [3.63, 3.8) is 0 Å². The molecular weight excluding hydrogens is 164 g/mol. The molecule has 0 aliphatic rings. The van der Waals surface area contributed by atoms with Gasteiger partial charge in [0, 0.05) is 0 Å². The Labute approximate surface area is 80.3 Å². The zero-order chi connectivity index (χ0) is 10.7. The molecular formula is C11H18O2. The highest BCUT2D eigenvalue weighted by Gasteiger charge is 1.86. The number of carbonyl (C=O) groups is 2. The minimum absolute atomic E-state index is 0.845. The van der Waals surface area contributed by atoms with Gasteiger partial charge in [-0.25, -0.2) is 0 Å². The van der Waals surface area contributed by atoms with Gasteiger partial charge in [0.25, 0.3) is 0 Å². The molecule has 0 aromatic rings. The van der Waals surface area contributed by atoms with Gasteiger partial charge in [-0.1, -0.05) is 17.2 Å². The molecule has 74 valence electrons. The van der Waals surface area contributed by atoms with Crippen molar-refractivity contribution >= 4 is 13.1 Å². The summed E-state index contributed by atoms with van der Waals surface area (Å²) in [6, 6.07) is 0. The Balaban J connectivity index is 0. The molecule has 0 bridgehead atoms. The first kappa shape index (κ1) is 14.3. The van der Waals surface area contributed by atoms with Gasteiger partial charge in [-0.2, -0.15) is 0 Å². The predicted molar refractivity (Wildman–Crippen MR) is 55.6 cm³/mol. The van der Waals surface area contributed by atoms with E-state index in [0.29, 0.717) is 0 Å². The fraction of sp³-hybridized carbons (Fsp3) is 0.455. The van der Waals surface area contributed by atoms with Crippen LogP contribution in [-0.2, 0) is 9.59 Å². The standard InChI is InChI=1S/C10H16O.CH2O/c1-9(2)5-4-6-10(3)7-8-11;1-2/h5,7-8H,4,6H2,1-3H3;1H2. The maximum atomic E-state index is 10.0. The van der Waals surface area contributed by atoms with Gasteiger partial charge < -0.3 is 4.79 Å². The van der Waals surface area contributed by atoms with Crippen molar-refractivity contribution in [3.8, 4) is 0 Å². The molecule has 0 radical (unpaired) electrons. The lowest BCUT2D eigenvalue weighted by Crippen LogP contribution is -1.77. The van der Waals surface area contributed by atoms with Gasteiger partial charge in [0.05, 0.1) is 0 Å². The first-order valence-corrected chi connectivity index (χ1v) is 4.20. The van der Waals surface area contributed by atoms with Crippen LogP contribution in [0.5, 0.6) is 0 Å². The van der Waals surface area contributed by atoms with Gasteiger partial charge >= 0.3 is 0 Å². The average Bonchev–Trinajstić information content (AvgIpc) is 2.08. The fourth-order valence-electron chi connectivity index (χ4n) is 0.788. The van der Waals surface area contributed by atoms with Gasteiger partial charge in [-0.15, -0.1) is 0 Å². The Kier molecular flexibility index (Phi) is 11.9. The molecule has 0 rings (SSSR count). The van der Waals surface area contributed by atoms with Crippen LogP contribution in [0.3, 0.4) is 0 Å². The SMILES string of the molecule is C=O.CC(C)=CCCC(C)=CC=O. The largest absolute Gasteiger partial charge is 0.307 e. The molecule has 2 nitrogen and oxygen atoms in total. The van der Waals surface area contributed by atoms with Crippen LogP contribution in [0.15, 0.2) is 23.3 Å². The lowest BCUT2D eigenvalue weighted by molar-refractivity contribution is -0.104. The minimum atomic E-state index is 0.845. The van der Waals surface area contributed by atoms with Crippen LogP contribution in [0.25, 0.3) is 0 Å². The van der Waals surface area contributed by atoms with Crippen LogP contribution >= 0.6 is 0 Å². The first-order valence-electron chi connectivity index (χ1n) is 4.20. The molecule has 0 aromatic carbocycles. The molecule has 13 heavy (non-hydrogen) atoms. The van der Waals surface area contributed by atoms with E-state index >= 15 is 0 Å². The van der Waals surface area contributed by atoms with Crippen LogP contribution in [0.2, 0.25) is 0 Å². The third-order valence-electron chi connectivity index (χ3n) is 1.44. The molecule has 0 aliphatic carbocycles. The Morgan fingerprint density at radius 1 is 1.23 bits per heavy atom. The van der Waals surface area contributed by atoms with Crippen molar-refractivity contribution in [1.82, 2.24) is 0 Å². The molecule has 0 N–H and O–H groups in total. The summed E-state index contributed by atoms with van der Waals surface area (Å²) in [4.78, 5) is 18.0. The second-order valence-corrected chi connectivity index (χ2v) is 2.97. The molecule has 0 aromatic heterocycles. The second-order valence-electron chi connectivity index (χ2n) is 2.97. The van der Waals surface area contributed by atoms with Crippen LogP contribution in [0.4, 0.5) is 0 Å². The highest BCUT2D eigenvalue weighted by molar-refractivity contribution is 5.65. The topological polar surface area (TPSA) is 34.1 Å². The van der Waals surface area contributed by atoms with Gasteiger partial charge in [-0.05, 0) is 39.7 Å². The molecule has 0 saturated heterocycles. The van der Waals surface area contributed by atoms with E-state index in [2.05, 4.69) is 19.9 Å². The normalized spacial score (nSPS) is 9.62. The zero-order valence-electron chi connectivity index (χ0n) is 8.67. The van der Waals surface area contributed by atoms with Crippen molar-refractivity contribution in [2.24, 2.45) is 0 Å². The van der Waals surface area contributed by atoms with Crippen molar-refractivity contribution in [3.05, 3.63) is 23.3 Å². The van der Waals surface area contributed by atoms with Crippen molar-refractivity contribution in [2.45, 2.75) is 33.6 Å². The molecule has 0 amide bonds. The highest BCUT2D eigenvalue weighted by atomic mass is 16.1. The lowest BCUT2D eigenvalue weighted by atomic mass is 10.1. The van der Waals surface area contributed by atoms with Crippen molar-refractivity contribution < 1.29 is 9.59 Å². The average molecular weight is 182 g/mol. The molecule has 0 heterocycles. The molecule has 0 saturated carbocycles. The summed E-state index contributed by atoms with van der Waals surface area (Å²) in [7, 11) is 0. The van der Waals surface area contributed by atoms with E-state index in [-0.39, 0.29) is 0 Å². The Morgan fingerprint density at radius 3 is 2.15 bits per heavy atom. The third kappa shape index (κ3) is 13.8. The number of allylic oxidation sites excluding steroid dienone is 4. The molecule has 0 aliphatic heterocycles. The van der Waals surface area contributed by atoms with E-state index in [9.17, 15) is 4.79 Å². The van der Waals surface area contributed by atoms with E-state index in [4.69, 9.17) is 4.79 Å². The number of aldehydes is 1. The Bertz CT molecular complexity index is 186. The predicted octanol–water partition coefficient (Wildman–Crippen LogP) is 2.69. The van der Waals surface area contributed by atoms with E-state index in [1.807, 2.05) is 13.7 Å². The second kappa shape index (κ2) is 10.8. The summed E-state index contributed by atoms with van der Waals surface area (Å²) < 4.78 is 0. The molecule has 0 unspecified atom stereocenters. The molecule has 0 fully saturated rings. The monoisotopic (exact) mass is 182 g/mol. The molecule has 0 atom stereocenters. The number of rotatable bonds is 4. The summed E-state index contributed by atoms with van der Waals surface area (Å²) in [5, 5.41) is 0. The van der Waals surface area contributed by atoms with Gasteiger partial charge in [0.15, 0.2) is 0 Å². The summed E-state index contributed by atoms with van der Waals surface area (Å²) in [6.45, 7) is 8.14. The van der Waals surface area contributed by atoms with Crippen LogP contribution in [0, 0.1) is 0 Å². The summed E-state index contributed by atoms with van der Waals surface area (Å²) in [5.41, 5.74) is 2.49. The smallest absolute Gasteiger partial charge is 0.142 e. The van der Waals surface area contributed by atoms with Crippen LogP contribution in [0.1, 0.15) is 33.6 Å². The third-order valence-corrected chi connectivity index (χ3v) is 1.44. The van der Waals surface area contributed by atoms with E-state index in [1.54, 1.807) is 6.08 Å². The maximum Gasteiger partial charge on any atom is 0.142 e. The van der Waals surface area contributed by atoms with Crippen molar-refractivity contribution in [2.75, 3.05) is 0 Å². The van der Waals surface area contributed by atoms with E-state index in [0.717, 1.165) is 24.7 Å². The number of carbonyl (C=O) groups excluding carboxylic acids is 2. The summed E-state index contributed by atoms with van der Waals surface area (Å²) >= 11 is 0. The summed E-state index contributed by atoms with van der Waals surface area (Å²) in [5.74, 6) is 0. The van der Waals surface area contributed by atoms with Gasteiger partial charge in [-0.3, -0.25) is 4.79 Å². The zero-order valence-corrected chi connectivity index (χ0v) is 8.67. The van der Waals surface area contributed by atoms with Crippen LogP contribution < -0.4 is 0 Å². The number of hydrogen-bond donors (Lipinski definition) is 0. The van der Waals surface area contributed by atoms with Crippen LogP contribution in [-0.4, -0.2) is 13.1 Å². The maximum absolute atomic E-state index is 10.0. The highest BCUT2D eigenvalue weighted by Crippen LogP contribution is 2.05. The van der Waals surface area contributed by atoms with E-state index < -0.39 is 0 Å². The Morgan fingerprint density at radius 2 is 1.77 bits per heavy atom. The lowest BCUT2D eigenvalue weighted by Gasteiger charge is -1.94. The first-order chi connectivity index (χ1) is 6.16. The van der Waals surface area contributed by atoms with Gasteiger partial charge in [0.2, 0.25) is 0 Å². The number of hydrogen-bond acceptors (Lipinski definition) is 2. The molecule has 2 heteroatoms. The Hall–Kier alpha value is -1.18. The minimum Gasteiger partial charge on any atom is -0.307 e. The summed E-state index contributed by atoms with van der Waals surface area (Å²) in [6.07, 6.45) is 6.68. The quantitative estimate of drug-likeness (QED) is 0.380. The van der Waals surface area contributed by atoms with Crippen molar-refractivity contribution in [1.29, 1.82) is 0 Å². The fourth-order valence-corrected chi connectivity index (χ4v) is 0.788.